The Morgan fingerprint density at radius 1 is 1.70 bits per heavy atom. The molecule has 2 aromatic heterocycles. The molecule has 0 bridgehead atoms. The highest BCUT2D eigenvalue weighted by Crippen LogP contribution is 2.15. The minimum Gasteiger partial charge on any atom is -0.296 e. The Morgan fingerprint density at radius 2 is 2.60 bits per heavy atom. The van der Waals surface area contributed by atoms with E-state index in [9.17, 15) is 0 Å². The molecule has 0 amide bonds. The van der Waals surface area contributed by atoms with E-state index in [0.717, 1.165) is 10.5 Å². The van der Waals surface area contributed by atoms with Gasteiger partial charge in [0.15, 0.2) is 0 Å². The van der Waals surface area contributed by atoms with Crippen LogP contribution in [-0.4, -0.2) is 9.38 Å². The van der Waals surface area contributed by atoms with Crippen molar-refractivity contribution in [3.8, 4) is 0 Å². The maximum atomic E-state index is 4.13. The van der Waals surface area contributed by atoms with Crippen LogP contribution in [0.3, 0.4) is 0 Å². The van der Waals surface area contributed by atoms with Crippen LogP contribution < -0.4 is 0 Å². The summed E-state index contributed by atoms with van der Waals surface area (Å²) in [4.78, 5) is 5.29. The van der Waals surface area contributed by atoms with Gasteiger partial charge in [0.1, 0.15) is 11.2 Å². The molecule has 0 saturated carbocycles. The summed E-state index contributed by atoms with van der Waals surface area (Å²) in [6.45, 7) is 3.66. The molecular formula is C7H6N2S. The second-order valence-electron chi connectivity index (χ2n) is 1.95. The summed E-state index contributed by atoms with van der Waals surface area (Å²) < 4.78 is 1.99. The monoisotopic (exact) mass is 150 g/mol. The fourth-order valence-corrected chi connectivity index (χ4v) is 1.70. The van der Waals surface area contributed by atoms with Gasteiger partial charge < -0.3 is 0 Å². The number of hydrogen-bond donors (Lipinski definition) is 0. The largest absolute Gasteiger partial charge is 0.296 e. The van der Waals surface area contributed by atoms with Crippen molar-refractivity contribution in [1.82, 2.24) is 9.38 Å². The van der Waals surface area contributed by atoms with Gasteiger partial charge in [0.25, 0.3) is 0 Å². The zero-order chi connectivity index (χ0) is 6.97. The Hall–Kier alpha value is -1.09. The summed E-state index contributed by atoms with van der Waals surface area (Å²) in [6.07, 6.45) is 5.55. The van der Waals surface area contributed by atoms with Crippen LogP contribution in [-0.2, 0) is 0 Å². The Bertz CT molecular complexity index is 358. The predicted octanol–water partition coefficient (Wildman–Crippen LogP) is 2.04. The highest BCUT2D eigenvalue weighted by Gasteiger charge is 1.98. The minimum absolute atomic E-state index is 0.968. The summed E-state index contributed by atoms with van der Waals surface area (Å²) in [5.41, 5.74) is 0.968. The minimum atomic E-state index is 0.968. The van der Waals surface area contributed by atoms with Crippen LogP contribution in [0.25, 0.3) is 10.9 Å². The molecule has 0 aliphatic carbocycles. The summed E-state index contributed by atoms with van der Waals surface area (Å²) in [5.74, 6) is 0. The Labute approximate surface area is 62.4 Å². The first-order chi connectivity index (χ1) is 4.92. The van der Waals surface area contributed by atoms with Gasteiger partial charge in [-0.05, 0) is 6.08 Å². The first-order valence-electron chi connectivity index (χ1n) is 2.94. The fourth-order valence-electron chi connectivity index (χ4n) is 0.892. The number of fused-ring (bicyclic) bond motifs is 1. The van der Waals surface area contributed by atoms with Crippen molar-refractivity contribution >= 4 is 22.2 Å². The number of hydrogen-bond acceptors (Lipinski definition) is 2. The smallest absolute Gasteiger partial charge is 0.126 e. The lowest BCUT2D eigenvalue weighted by Gasteiger charge is -1.78. The number of aromatic nitrogens is 2. The van der Waals surface area contributed by atoms with Crippen LogP contribution in [0.4, 0.5) is 0 Å². The molecule has 10 heavy (non-hydrogen) atoms. The third-order valence-corrected chi connectivity index (χ3v) is 2.27. The van der Waals surface area contributed by atoms with Crippen LogP contribution in [0.5, 0.6) is 0 Å². The van der Waals surface area contributed by atoms with Gasteiger partial charge in [0.2, 0.25) is 0 Å². The van der Waals surface area contributed by atoms with Gasteiger partial charge in [0.05, 0.1) is 5.69 Å². The van der Waals surface area contributed by atoms with E-state index in [4.69, 9.17) is 0 Å². The molecule has 0 saturated heterocycles. The van der Waals surface area contributed by atoms with Crippen molar-refractivity contribution in [2.24, 2.45) is 0 Å². The number of imidazole rings is 1. The quantitative estimate of drug-likeness (QED) is 0.608. The Morgan fingerprint density at radius 3 is 3.40 bits per heavy atom. The third kappa shape index (κ3) is 0.609. The van der Waals surface area contributed by atoms with E-state index in [1.165, 1.54) is 0 Å². The Balaban J connectivity index is 2.88. The van der Waals surface area contributed by atoms with E-state index < -0.39 is 0 Å². The lowest BCUT2D eigenvalue weighted by Crippen LogP contribution is -1.67. The zero-order valence-electron chi connectivity index (χ0n) is 5.32. The van der Waals surface area contributed by atoms with E-state index in [1.807, 2.05) is 16.0 Å². The third-order valence-electron chi connectivity index (χ3n) is 1.37. The summed E-state index contributed by atoms with van der Waals surface area (Å²) in [5, 5.41) is 2.03. The van der Waals surface area contributed by atoms with Gasteiger partial charge in [-0.15, -0.1) is 11.3 Å². The van der Waals surface area contributed by atoms with Gasteiger partial charge in [-0.25, -0.2) is 4.98 Å². The Kier molecular flexibility index (Phi) is 1.11. The second-order valence-corrected chi connectivity index (χ2v) is 2.84. The molecule has 0 N–H and O–H groups in total. The van der Waals surface area contributed by atoms with Crippen LogP contribution in [0, 0.1) is 0 Å². The molecule has 0 aliphatic heterocycles. The van der Waals surface area contributed by atoms with Crippen LogP contribution in [0.2, 0.25) is 0 Å². The van der Waals surface area contributed by atoms with Crippen molar-refractivity contribution in [3.63, 3.8) is 0 Å². The number of nitrogens with zero attached hydrogens (tertiary/aromatic N) is 2. The highest BCUT2D eigenvalue weighted by molar-refractivity contribution is 7.15. The summed E-state index contributed by atoms with van der Waals surface area (Å²) >= 11 is 1.67. The van der Waals surface area contributed by atoms with Gasteiger partial charge >= 0.3 is 0 Å². The number of rotatable bonds is 1. The van der Waals surface area contributed by atoms with Crippen LogP contribution in [0.1, 0.15) is 5.69 Å². The standard InChI is InChI=1S/C7H6N2S/c1-2-6-7-9(5-8-6)3-4-10-7/h2-5H,1H2. The molecular weight excluding hydrogens is 144 g/mol. The van der Waals surface area contributed by atoms with Gasteiger partial charge in [-0.1, -0.05) is 6.58 Å². The van der Waals surface area contributed by atoms with Crippen LogP contribution >= 0.6 is 11.3 Å². The van der Waals surface area contributed by atoms with Crippen molar-refractivity contribution < 1.29 is 0 Å². The molecule has 2 nitrogen and oxygen atoms in total. The maximum absolute atomic E-state index is 4.13. The van der Waals surface area contributed by atoms with E-state index in [0.29, 0.717) is 0 Å². The average Bonchev–Trinajstić information content (AvgIpc) is 2.44. The summed E-state index contributed by atoms with van der Waals surface area (Å²) in [7, 11) is 0. The lowest BCUT2D eigenvalue weighted by atomic mass is 10.5. The highest BCUT2D eigenvalue weighted by atomic mass is 32.1. The second kappa shape index (κ2) is 1.95. The molecule has 0 aromatic carbocycles. The molecule has 0 spiro atoms. The SMILES string of the molecule is C=Cc1ncn2ccsc12. The normalized spacial score (nSPS) is 10.4. The van der Waals surface area contributed by atoms with E-state index in [-0.39, 0.29) is 0 Å². The van der Waals surface area contributed by atoms with E-state index in [2.05, 4.69) is 11.6 Å². The topological polar surface area (TPSA) is 17.3 Å². The van der Waals surface area contributed by atoms with Gasteiger partial charge in [-0.3, -0.25) is 4.40 Å². The van der Waals surface area contributed by atoms with Gasteiger partial charge in [0, 0.05) is 11.6 Å². The molecule has 2 aromatic rings. The maximum Gasteiger partial charge on any atom is 0.126 e. The first kappa shape index (κ1) is 5.68. The van der Waals surface area contributed by atoms with E-state index in [1.54, 1.807) is 23.7 Å². The fraction of sp³-hybridized carbons (Fsp3) is 0. The lowest BCUT2D eigenvalue weighted by molar-refractivity contribution is 1.18. The molecule has 2 heterocycles. The number of thiazole rings is 1. The molecule has 0 unspecified atom stereocenters. The van der Waals surface area contributed by atoms with Crippen molar-refractivity contribution in [2.45, 2.75) is 0 Å². The van der Waals surface area contributed by atoms with Gasteiger partial charge in [-0.2, -0.15) is 0 Å². The molecule has 50 valence electrons. The summed E-state index contributed by atoms with van der Waals surface area (Å²) in [6, 6.07) is 0. The van der Waals surface area contributed by atoms with Crippen molar-refractivity contribution in [1.29, 1.82) is 0 Å². The first-order valence-corrected chi connectivity index (χ1v) is 3.82. The van der Waals surface area contributed by atoms with Crippen molar-refractivity contribution in [3.05, 3.63) is 30.2 Å². The molecule has 0 aliphatic rings. The predicted molar refractivity (Wildman–Crippen MR) is 43.2 cm³/mol. The molecule has 2 rings (SSSR count). The molecule has 0 radical (unpaired) electrons. The molecule has 3 heteroatoms. The molecule has 0 atom stereocenters. The zero-order valence-corrected chi connectivity index (χ0v) is 6.14. The van der Waals surface area contributed by atoms with Crippen LogP contribution in [0.15, 0.2) is 24.5 Å². The van der Waals surface area contributed by atoms with E-state index >= 15 is 0 Å². The average molecular weight is 150 g/mol. The van der Waals surface area contributed by atoms with Crippen molar-refractivity contribution in [2.75, 3.05) is 0 Å². The molecule has 0 fully saturated rings.